The monoisotopic (exact) mass is 319 g/mol. The van der Waals surface area contributed by atoms with E-state index >= 15 is 0 Å². The van der Waals surface area contributed by atoms with E-state index in [4.69, 9.17) is 4.74 Å². The average molecular weight is 319 g/mol. The van der Waals surface area contributed by atoms with Crippen LogP contribution in [0.4, 0.5) is 0 Å². The summed E-state index contributed by atoms with van der Waals surface area (Å²) in [6, 6.07) is 18.7. The zero-order chi connectivity index (χ0) is 16.5. The Morgan fingerprint density at radius 1 is 1.08 bits per heavy atom. The summed E-state index contributed by atoms with van der Waals surface area (Å²) in [4.78, 5) is 2.69. The molecule has 2 aromatic rings. The maximum atomic E-state index is 5.46. The van der Waals surface area contributed by atoms with Crippen LogP contribution in [0.1, 0.15) is 36.0 Å². The minimum atomic E-state index is 0.575. The van der Waals surface area contributed by atoms with Crippen LogP contribution in [-0.4, -0.2) is 24.1 Å². The molecule has 2 nitrogen and oxygen atoms in total. The maximum Gasteiger partial charge on any atom is 0.119 e. The summed E-state index contributed by atoms with van der Waals surface area (Å²) in [6.07, 6.45) is 6.24. The van der Waals surface area contributed by atoms with Gasteiger partial charge in [-0.2, -0.15) is 0 Å². The molecule has 0 aromatic heterocycles. The number of hydrogen-bond donors (Lipinski definition) is 0. The lowest BCUT2D eigenvalue weighted by atomic mass is 9.93. The largest absolute Gasteiger partial charge is 0.497 e. The normalized spacial score (nSPS) is 23.2. The lowest BCUT2D eigenvalue weighted by Crippen LogP contribution is -2.37. The molecule has 0 N–H and O–H groups in total. The van der Waals surface area contributed by atoms with Gasteiger partial charge >= 0.3 is 0 Å². The van der Waals surface area contributed by atoms with E-state index in [9.17, 15) is 0 Å². The zero-order valence-corrected chi connectivity index (χ0v) is 14.5. The minimum Gasteiger partial charge on any atom is -0.497 e. The summed E-state index contributed by atoms with van der Waals surface area (Å²) in [5.74, 6) is 0.963. The third-order valence-corrected chi connectivity index (χ3v) is 5.41. The van der Waals surface area contributed by atoms with Crippen molar-refractivity contribution in [3.63, 3.8) is 0 Å². The second kappa shape index (κ2) is 6.45. The first-order valence-corrected chi connectivity index (χ1v) is 8.89. The van der Waals surface area contributed by atoms with Gasteiger partial charge in [0.25, 0.3) is 0 Å². The maximum absolute atomic E-state index is 5.46. The summed E-state index contributed by atoms with van der Waals surface area (Å²) in [5, 5.41) is 0. The van der Waals surface area contributed by atoms with Gasteiger partial charge in [-0.15, -0.1) is 0 Å². The van der Waals surface area contributed by atoms with E-state index in [1.165, 1.54) is 35.1 Å². The molecule has 2 aliphatic heterocycles. The Morgan fingerprint density at radius 3 is 2.67 bits per heavy atom. The first-order chi connectivity index (χ1) is 11.7. The van der Waals surface area contributed by atoms with Gasteiger partial charge in [0.2, 0.25) is 0 Å². The van der Waals surface area contributed by atoms with Gasteiger partial charge in [0, 0.05) is 18.6 Å². The number of methoxy groups -OCH3 is 1. The fourth-order valence-corrected chi connectivity index (χ4v) is 4.22. The van der Waals surface area contributed by atoms with Gasteiger partial charge in [-0.3, -0.25) is 4.90 Å². The van der Waals surface area contributed by atoms with Gasteiger partial charge in [-0.05, 0) is 60.6 Å². The molecule has 2 heteroatoms. The Labute approximate surface area is 144 Å². The van der Waals surface area contributed by atoms with E-state index in [2.05, 4.69) is 66.4 Å². The van der Waals surface area contributed by atoms with Gasteiger partial charge in [0.1, 0.15) is 5.75 Å². The van der Waals surface area contributed by atoms with E-state index in [1.54, 1.807) is 7.11 Å². The number of rotatable bonds is 4. The standard InChI is InChI=1S/C22H25NO/c1-16-10-18(14-22(11-16)24-2)19-12-20-8-9-21(13-19)23(20)15-17-6-4-3-5-7-17/h3-7,10-12,14,20-21H,8-9,13,15H2,1-2H3. The fraction of sp³-hybridized carbons (Fsp3) is 0.364. The Balaban J connectivity index is 1.59. The van der Waals surface area contributed by atoms with E-state index in [0.29, 0.717) is 12.1 Å². The van der Waals surface area contributed by atoms with E-state index < -0.39 is 0 Å². The molecule has 0 saturated carbocycles. The van der Waals surface area contributed by atoms with E-state index in [0.717, 1.165) is 18.7 Å². The third kappa shape index (κ3) is 2.99. The highest BCUT2D eigenvalue weighted by Gasteiger charge is 2.36. The summed E-state index contributed by atoms with van der Waals surface area (Å²) in [6.45, 7) is 3.21. The number of fused-ring (bicyclic) bond motifs is 2. The number of aryl methyl sites for hydroxylation is 1. The van der Waals surface area contributed by atoms with Crippen LogP contribution < -0.4 is 4.74 Å². The average Bonchev–Trinajstić information content (AvgIpc) is 2.83. The van der Waals surface area contributed by atoms with Crippen LogP contribution in [0.2, 0.25) is 0 Å². The second-order valence-electron chi connectivity index (χ2n) is 7.09. The van der Waals surface area contributed by atoms with Crippen molar-refractivity contribution in [3.05, 3.63) is 71.3 Å². The van der Waals surface area contributed by atoms with Crippen molar-refractivity contribution in [3.8, 4) is 5.75 Å². The molecule has 24 heavy (non-hydrogen) atoms. The molecule has 4 rings (SSSR count). The lowest BCUT2D eigenvalue weighted by molar-refractivity contribution is 0.203. The van der Waals surface area contributed by atoms with Crippen molar-refractivity contribution >= 4 is 5.57 Å². The summed E-state index contributed by atoms with van der Waals surface area (Å²) >= 11 is 0. The molecule has 2 atom stereocenters. The van der Waals surface area contributed by atoms with Crippen molar-refractivity contribution < 1.29 is 4.74 Å². The topological polar surface area (TPSA) is 12.5 Å². The molecule has 0 spiro atoms. The van der Waals surface area contributed by atoms with Gasteiger partial charge in [-0.1, -0.05) is 42.5 Å². The molecule has 2 bridgehead atoms. The fourth-order valence-electron chi connectivity index (χ4n) is 4.22. The smallest absolute Gasteiger partial charge is 0.119 e. The highest BCUT2D eigenvalue weighted by Crippen LogP contribution is 2.40. The van der Waals surface area contributed by atoms with Crippen molar-refractivity contribution in [2.75, 3.05) is 7.11 Å². The van der Waals surface area contributed by atoms with Gasteiger partial charge in [0.05, 0.1) is 7.11 Å². The second-order valence-corrected chi connectivity index (χ2v) is 7.09. The minimum absolute atomic E-state index is 0.575. The van der Waals surface area contributed by atoms with Crippen molar-refractivity contribution in [2.24, 2.45) is 0 Å². The Hall–Kier alpha value is -2.06. The first-order valence-electron chi connectivity index (χ1n) is 8.89. The Morgan fingerprint density at radius 2 is 1.92 bits per heavy atom. The molecule has 1 fully saturated rings. The lowest BCUT2D eigenvalue weighted by Gasteiger charge is -2.34. The van der Waals surface area contributed by atoms with Crippen LogP contribution in [0, 0.1) is 6.92 Å². The van der Waals surface area contributed by atoms with Gasteiger partial charge < -0.3 is 4.74 Å². The Kier molecular flexibility index (Phi) is 4.15. The first kappa shape index (κ1) is 15.5. The number of ether oxygens (including phenoxy) is 1. The third-order valence-electron chi connectivity index (χ3n) is 5.41. The molecular weight excluding hydrogens is 294 g/mol. The SMILES string of the molecule is COc1cc(C)cc(C2=CC3CCC(C2)N3Cc2ccccc2)c1. The molecule has 2 heterocycles. The molecular formula is C22H25NO. The summed E-state index contributed by atoms with van der Waals surface area (Å²) in [5.41, 5.74) is 5.52. The summed E-state index contributed by atoms with van der Waals surface area (Å²) < 4.78 is 5.46. The molecule has 124 valence electrons. The number of hydrogen-bond acceptors (Lipinski definition) is 2. The van der Waals surface area contributed by atoms with Crippen molar-refractivity contribution in [1.82, 2.24) is 4.90 Å². The molecule has 0 aliphatic carbocycles. The van der Waals surface area contributed by atoms with Crippen LogP contribution in [0.15, 0.2) is 54.6 Å². The van der Waals surface area contributed by atoms with Crippen LogP contribution >= 0.6 is 0 Å². The molecule has 2 unspecified atom stereocenters. The predicted molar refractivity (Wildman–Crippen MR) is 99.1 cm³/mol. The number of nitrogens with zero attached hydrogens (tertiary/aromatic N) is 1. The molecule has 2 aromatic carbocycles. The van der Waals surface area contributed by atoms with Crippen LogP contribution in [0.5, 0.6) is 5.75 Å². The van der Waals surface area contributed by atoms with Gasteiger partial charge in [0.15, 0.2) is 0 Å². The van der Waals surface area contributed by atoms with E-state index in [-0.39, 0.29) is 0 Å². The molecule has 1 saturated heterocycles. The van der Waals surface area contributed by atoms with Crippen LogP contribution in [-0.2, 0) is 6.54 Å². The van der Waals surface area contributed by atoms with Crippen LogP contribution in [0.25, 0.3) is 5.57 Å². The quantitative estimate of drug-likeness (QED) is 0.801. The molecule has 0 radical (unpaired) electrons. The predicted octanol–water partition coefficient (Wildman–Crippen LogP) is 4.82. The Bertz CT molecular complexity index is 750. The van der Waals surface area contributed by atoms with Crippen molar-refractivity contribution in [2.45, 2.75) is 44.8 Å². The molecule has 2 aliphatic rings. The van der Waals surface area contributed by atoms with Gasteiger partial charge in [-0.25, -0.2) is 0 Å². The molecule has 0 amide bonds. The van der Waals surface area contributed by atoms with E-state index in [1.807, 2.05) is 0 Å². The number of benzene rings is 2. The zero-order valence-electron chi connectivity index (χ0n) is 14.5. The van der Waals surface area contributed by atoms with Crippen LogP contribution in [0.3, 0.4) is 0 Å². The highest BCUT2D eigenvalue weighted by atomic mass is 16.5. The highest BCUT2D eigenvalue weighted by molar-refractivity contribution is 5.69. The summed E-state index contributed by atoms with van der Waals surface area (Å²) in [7, 11) is 1.75. The van der Waals surface area contributed by atoms with Crippen molar-refractivity contribution in [1.29, 1.82) is 0 Å².